The minimum Gasteiger partial charge on any atom is -0.490 e. The van der Waals surface area contributed by atoms with E-state index < -0.39 is 0 Å². The molecule has 0 amide bonds. The Bertz CT molecular complexity index is 605. The van der Waals surface area contributed by atoms with Crippen molar-refractivity contribution in [2.75, 3.05) is 32.8 Å². The molecule has 0 aliphatic rings. The van der Waals surface area contributed by atoms with E-state index in [4.69, 9.17) is 9.47 Å². The average Bonchev–Trinajstić information content (AvgIpc) is 2.66. The van der Waals surface area contributed by atoms with Gasteiger partial charge in [-0.2, -0.15) is 0 Å². The lowest BCUT2D eigenvalue weighted by Gasteiger charge is -2.12. The van der Waals surface area contributed by atoms with E-state index in [9.17, 15) is 0 Å². The van der Waals surface area contributed by atoms with E-state index in [-0.39, 0.29) is 0 Å². The second-order valence-electron chi connectivity index (χ2n) is 5.26. The van der Waals surface area contributed by atoms with Crippen LogP contribution in [0.3, 0.4) is 0 Å². The van der Waals surface area contributed by atoms with E-state index in [2.05, 4.69) is 32.7 Å². The zero-order chi connectivity index (χ0) is 17.6. The molecule has 1 heterocycles. The van der Waals surface area contributed by atoms with E-state index in [1.165, 1.54) is 5.56 Å². The van der Waals surface area contributed by atoms with Crippen LogP contribution in [0.2, 0.25) is 0 Å². The maximum atomic E-state index is 5.64. The van der Waals surface area contributed by atoms with Crippen molar-refractivity contribution < 1.29 is 9.47 Å². The number of benzene rings is 1. The van der Waals surface area contributed by atoms with Gasteiger partial charge in [-0.25, -0.2) is 0 Å². The maximum Gasteiger partial charge on any atom is 0.191 e. The van der Waals surface area contributed by atoms with Gasteiger partial charge in [0.25, 0.3) is 0 Å². The molecular weight excluding hydrogens is 316 g/mol. The third kappa shape index (κ3) is 8.17. The van der Waals surface area contributed by atoms with Crippen molar-refractivity contribution >= 4 is 5.96 Å². The predicted octanol–water partition coefficient (Wildman–Crippen LogP) is 2.23. The summed E-state index contributed by atoms with van der Waals surface area (Å²) < 4.78 is 11.2. The molecular formula is C19H26N4O2. The molecule has 0 aliphatic heterocycles. The Morgan fingerprint density at radius 1 is 1.08 bits per heavy atom. The van der Waals surface area contributed by atoms with E-state index in [0.29, 0.717) is 32.9 Å². The number of aromatic nitrogens is 1. The minimum atomic E-state index is 0.542. The standard InChI is InChI=1S/C19H26N4O2/c1-2-21-19(23-12-14-25-18-9-6-10-20-15-18)22-11-13-24-16-17-7-4-3-5-8-17/h3-10,15H,2,11-14,16H2,1H3,(H2,21,22,23). The van der Waals surface area contributed by atoms with Crippen LogP contribution >= 0.6 is 0 Å². The molecule has 1 aromatic heterocycles. The van der Waals surface area contributed by atoms with Crippen molar-refractivity contribution in [3.8, 4) is 5.75 Å². The van der Waals surface area contributed by atoms with Gasteiger partial charge in [0.15, 0.2) is 5.96 Å². The van der Waals surface area contributed by atoms with Crippen LogP contribution in [0, 0.1) is 0 Å². The number of guanidine groups is 1. The van der Waals surface area contributed by atoms with Gasteiger partial charge in [0, 0.05) is 12.7 Å². The molecule has 2 aromatic rings. The van der Waals surface area contributed by atoms with Gasteiger partial charge in [-0.3, -0.25) is 9.98 Å². The summed E-state index contributed by atoms with van der Waals surface area (Å²) in [5.74, 6) is 1.53. The summed E-state index contributed by atoms with van der Waals surface area (Å²) >= 11 is 0. The predicted molar refractivity (Wildman–Crippen MR) is 99.8 cm³/mol. The van der Waals surface area contributed by atoms with Gasteiger partial charge < -0.3 is 20.1 Å². The van der Waals surface area contributed by atoms with Gasteiger partial charge in [0.1, 0.15) is 12.4 Å². The number of nitrogens with zero attached hydrogens (tertiary/aromatic N) is 2. The first kappa shape index (κ1) is 18.7. The third-order valence-electron chi connectivity index (χ3n) is 3.26. The number of ether oxygens (including phenoxy) is 2. The average molecular weight is 342 g/mol. The summed E-state index contributed by atoms with van der Waals surface area (Å²) in [4.78, 5) is 8.50. The fourth-order valence-corrected chi connectivity index (χ4v) is 2.10. The summed E-state index contributed by atoms with van der Waals surface area (Å²) in [6.45, 7) is 5.84. The monoisotopic (exact) mass is 342 g/mol. The Kier molecular flexibility index (Phi) is 8.89. The highest BCUT2D eigenvalue weighted by Crippen LogP contribution is 2.04. The van der Waals surface area contributed by atoms with E-state index in [1.54, 1.807) is 12.4 Å². The number of hydrogen-bond donors (Lipinski definition) is 2. The topological polar surface area (TPSA) is 67.8 Å². The van der Waals surface area contributed by atoms with Crippen LogP contribution in [0.15, 0.2) is 59.9 Å². The highest BCUT2D eigenvalue weighted by atomic mass is 16.5. The maximum absolute atomic E-state index is 5.64. The molecule has 0 spiro atoms. The molecule has 0 saturated heterocycles. The minimum absolute atomic E-state index is 0.542. The normalized spacial score (nSPS) is 11.2. The molecule has 134 valence electrons. The number of pyridine rings is 1. The zero-order valence-electron chi connectivity index (χ0n) is 14.6. The lowest BCUT2D eigenvalue weighted by Crippen LogP contribution is -2.39. The molecule has 0 bridgehead atoms. The van der Waals surface area contributed by atoms with Crippen molar-refractivity contribution in [1.29, 1.82) is 0 Å². The molecule has 6 nitrogen and oxygen atoms in total. The Morgan fingerprint density at radius 2 is 1.96 bits per heavy atom. The fourth-order valence-electron chi connectivity index (χ4n) is 2.10. The summed E-state index contributed by atoms with van der Waals surface area (Å²) in [7, 11) is 0. The summed E-state index contributed by atoms with van der Waals surface area (Å²) in [5, 5.41) is 6.44. The van der Waals surface area contributed by atoms with Crippen LogP contribution in [0.25, 0.3) is 0 Å². The van der Waals surface area contributed by atoms with E-state index >= 15 is 0 Å². The molecule has 0 unspecified atom stereocenters. The van der Waals surface area contributed by atoms with Gasteiger partial charge in [0.2, 0.25) is 0 Å². The largest absolute Gasteiger partial charge is 0.490 e. The molecule has 2 rings (SSSR count). The van der Waals surface area contributed by atoms with Crippen molar-refractivity contribution in [1.82, 2.24) is 15.6 Å². The molecule has 0 aliphatic carbocycles. The molecule has 6 heteroatoms. The Balaban J connectivity index is 1.62. The van der Waals surface area contributed by atoms with E-state index in [1.807, 2.05) is 37.3 Å². The van der Waals surface area contributed by atoms with Crippen molar-refractivity contribution in [2.45, 2.75) is 13.5 Å². The van der Waals surface area contributed by atoms with Crippen molar-refractivity contribution in [2.24, 2.45) is 4.99 Å². The second-order valence-corrected chi connectivity index (χ2v) is 5.26. The molecule has 0 radical (unpaired) electrons. The first-order valence-corrected chi connectivity index (χ1v) is 8.55. The van der Waals surface area contributed by atoms with Crippen molar-refractivity contribution in [3.63, 3.8) is 0 Å². The number of rotatable bonds is 10. The summed E-state index contributed by atoms with van der Waals surface area (Å²) in [6, 6.07) is 13.9. The first-order chi connectivity index (χ1) is 12.4. The first-order valence-electron chi connectivity index (χ1n) is 8.55. The third-order valence-corrected chi connectivity index (χ3v) is 3.26. The molecule has 0 saturated carbocycles. The van der Waals surface area contributed by atoms with Crippen LogP contribution in [0.5, 0.6) is 5.75 Å². The molecule has 2 N–H and O–H groups in total. The lowest BCUT2D eigenvalue weighted by molar-refractivity contribution is 0.128. The van der Waals surface area contributed by atoms with Gasteiger partial charge in [-0.15, -0.1) is 0 Å². The molecule has 1 aromatic carbocycles. The summed E-state index contributed by atoms with van der Waals surface area (Å²) in [6.07, 6.45) is 3.42. The van der Waals surface area contributed by atoms with Crippen LogP contribution < -0.4 is 15.4 Å². The Hall–Kier alpha value is -2.60. The quantitative estimate of drug-likeness (QED) is 0.394. The smallest absolute Gasteiger partial charge is 0.191 e. The summed E-state index contributed by atoms with van der Waals surface area (Å²) in [5.41, 5.74) is 1.17. The Morgan fingerprint density at radius 3 is 2.72 bits per heavy atom. The molecule has 0 fully saturated rings. The van der Waals surface area contributed by atoms with Gasteiger partial charge in [-0.1, -0.05) is 30.3 Å². The van der Waals surface area contributed by atoms with Crippen LogP contribution in [0.1, 0.15) is 12.5 Å². The SMILES string of the molecule is CCNC(=NCCOCc1ccccc1)NCCOc1cccnc1. The van der Waals surface area contributed by atoms with E-state index in [0.717, 1.165) is 18.3 Å². The number of aliphatic imine (C=N–C) groups is 1. The number of hydrogen-bond acceptors (Lipinski definition) is 4. The van der Waals surface area contributed by atoms with Crippen LogP contribution in [-0.4, -0.2) is 43.8 Å². The zero-order valence-corrected chi connectivity index (χ0v) is 14.6. The highest BCUT2D eigenvalue weighted by Gasteiger charge is 1.98. The van der Waals surface area contributed by atoms with Gasteiger partial charge in [-0.05, 0) is 24.6 Å². The lowest BCUT2D eigenvalue weighted by atomic mass is 10.2. The van der Waals surface area contributed by atoms with Gasteiger partial charge >= 0.3 is 0 Å². The van der Waals surface area contributed by atoms with Crippen molar-refractivity contribution in [3.05, 3.63) is 60.4 Å². The second kappa shape index (κ2) is 11.9. The van der Waals surface area contributed by atoms with Crippen LogP contribution in [0.4, 0.5) is 0 Å². The highest BCUT2D eigenvalue weighted by molar-refractivity contribution is 5.79. The molecule has 25 heavy (non-hydrogen) atoms. The van der Waals surface area contributed by atoms with Crippen LogP contribution in [-0.2, 0) is 11.3 Å². The molecule has 0 atom stereocenters. The number of nitrogens with one attached hydrogen (secondary N) is 2. The Labute approximate surface area is 149 Å². The fraction of sp³-hybridized carbons (Fsp3) is 0.368. The van der Waals surface area contributed by atoms with Gasteiger partial charge in [0.05, 0.1) is 32.5 Å².